The van der Waals surface area contributed by atoms with Crippen molar-refractivity contribution in [1.82, 2.24) is 0 Å². The number of hydrogen-bond donors (Lipinski definition) is 1. The van der Waals surface area contributed by atoms with Gasteiger partial charge in [-0.1, -0.05) is 38.4 Å². The molecule has 94 valence electrons. The Morgan fingerprint density at radius 3 is 2.53 bits per heavy atom. The Morgan fingerprint density at radius 2 is 2.06 bits per heavy atom. The number of hydrogen-bond acceptors (Lipinski definition) is 3. The zero-order valence-electron chi connectivity index (χ0n) is 10.2. The molecule has 0 saturated carbocycles. The Morgan fingerprint density at radius 1 is 1.47 bits per heavy atom. The third-order valence-corrected chi connectivity index (χ3v) is 3.03. The Hall–Kier alpha value is -1.13. The highest BCUT2D eigenvalue weighted by atomic mass is 35.5. The minimum absolute atomic E-state index is 0.0391. The van der Waals surface area contributed by atoms with Gasteiger partial charge in [-0.25, -0.2) is 0 Å². The van der Waals surface area contributed by atoms with Crippen molar-refractivity contribution >= 4 is 17.3 Å². The van der Waals surface area contributed by atoms with Crippen molar-refractivity contribution < 1.29 is 4.92 Å². The summed E-state index contributed by atoms with van der Waals surface area (Å²) in [6.45, 7) is 6.04. The van der Waals surface area contributed by atoms with E-state index < -0.39 is 4.92 Å². The first-order valence-corrected chi connectivity index (χ1v) is 5.78. The standard InChI is InChI=1S/C12H17ClN2O2/c1-12(2,3)11(14)6-8-4-5-9(13)7-10(8)15(16)17/h4-5,7,11H,6,14H2,1-3H3. The third kappa shape index (κ3) is 3.68. The van der Waals surface area contributed by atoms with Crippen LogP contribution in [0.25, 0.3) is 0 Å². The molecule has 2 N–H and O–H groups in total. The molecule has 0 bridgehead atoms. The van der Waals surface area contributed by atoms with Crippen LogP contribution < -0.4 is 5.73 Å². The SMILES string of the molecule is CC(C)(C)C(N)Cc1ccc(Cl)cc1[N+](=O)[O-]. The van der Waals surface area contributed by atoms with Gasteiger partial charge in [0.1, 0.15) is 0 Å². The van der Waals surface area contributed by atoms with Gasteiger partial charge in [0.15, 0.2) is 0 Å². The van der Waals surface area contributed by atoms with Crippen molar-refractivity contribution in [2.45, 2.75) is 33.2 Å². The number of nitrogens with two attached hydrogens (primary N) is 1. The average molecular weight is 257 g/mol. The monoisotopic (exact) mass is 256 g/mol. The number of nitro benzene ring substituents is 1. The quantitative estimate of drug-likeness (QED) is 0.667. The lowest BCUT2D eigenvalue weighted by Gasteiger charge is -2.26. The highest BCUT2D eigenvalue weighted by Crippen LogP contribution is 2.27. The summed E-state index contributed by atoms with van der Waals surface area (Å²) < 4.78 is 0. The van der Waals surface area contributed by atoms with Crippen LogP contribution in [0.3, 0.4) is 0 Å². The van der Waals surface area contributed by atoms with Gasteiger partial charge in [-0.05, 0) is 17.9 Å². The molecule has 0 radical (unpaired) electrons. The molecule has 0 amide bonds. The fourth-order valence-corrected chi connectivity index (χ4v) is 1.59. The molecule has 0 spiro atoms. The summed E-state index contributed by atoms with van der Waals surface area (Å²) in [5, 5.41) is 11.3. The zero-order valence-corrected chi connectivity index (χ0v) is 11.0. The van der Waals surface area contributed by atoms with Crippen LogP contribution in [-0.2, 0) is 6.42 Å². The van der Waals surface area contributed by atoms with Gasteiger partial charge in [0.05, 0.1) is 4.92 Å². The van der Waals surface area contributed by atoms with Crippen LogP contribution >= 0.6 is 11.6 Å². The zero-order chi connectivity index (χ0) is 13.2. The molecule has 0 aliphatic heterocycles. The first kappa shape index (κ1) is 13.9. The highest BCUT2D eigenvalue weighted by Gasteiger charge is 2.24. The molecule has 0 fully saturated rings. The van der Waals surface area contributed by atoms with E-state index in [0.29, 0.717) is 17.0 Å². The largest absolute Gasteiger partial charge is 0.327 e. The lowest BCUT2D eigenvalue weighted by Crippen LogP contribution is -2.37. The smallest absolute Gasteiger partial charge is 0.274 e. The first-order valence-electron chi connectivity index (χ1n) is 5.40. The van der Waals surface area contributed by atoms with E-state index in [-0.39, 0.29) is 17.1 Å². The van der Waals surface area contributed by atoms with Crippen LogP contribution in [0.2, 0.25) is 5.02 Å². The van der Waals surface area contributed by atoms with Crippen molar-refractivity contribution in [3.63, 3.8) is 0 Å². The topological polar surface area (TPSA) is 69.2 Å². The molecule has 0 aliphatic rings. The van der Waals surface area contributed by atoms with Crippen molar-refractivity contribution in [2.75, 3.05) is 0 Å². The summed E-state index contributed by atoms with van der Waals surface area (Å²) >= 11 is 5.75. The van der Waals surface area contributed by atoms with E-state index in [9.17, 15) is 10.1 Å². The second-order valence-corrected chi connectivity index (χ2v) is 5.64. The third-order valence-electron chi connectivity index (χ3n) is 2.80. The second kappa shape index (κ2) is 5.02. The molecule has 0 heterocycles. The Labute approximate surface area is 106 Å². The highest BCUT2D eigenvalue weighted by molar-refractivity contribution is 6.30. The summed E-state index contributed by atoms with van der Waals surface area (Å²) in [6, 6.07) is 4.56. The van der Waals surface area contributed by atoms with Gasteiger partial charge in [-0.2, -0.15) is 0 Å². The van der Waals surface area contributed by atoms with Crippen LogP contribution in [0.1, 0.15) is 26.3 Å². The van der Waals surface area contributed by atoms with E-state index in [0.717, 1.165) is 0 Å². The molecule has 0 saturated heterocycles. The maximum Gasteiger partial charge on any atom is 0.274 e. The molecular weight excluding hydrogens is 240 g/mol. The number of rotatable bonds is 3. The Bertz CT molecular complexity index is 427. The van der Waals surface area contributed by atoms with Gasteiger partial charge in [-0.3, -0.25) is 10.1 Å². The van der Waals surface area contributed by atoms with Crippen LogP contribution in [0, 0.1) is 15.5 Å². The number of nitrogens with zero attached hydrogens (tertiary/aromatic N) is 1. The minimum Gasteiger partial charge on any atom is -0.327 e. The fourth-order valence-electron chi connectivity index (χ4n) is 1.42. The molecule has 1 aromatic carbocycles. The Balaban J connectivity index is 3.03. The normalized spacial score (nSPS) is 13.5. The molecule has 1 atom stereocenters. The van der Waals surface area contributed by atoms with Gasteiger partial charge >= 0.3 is 0 Å². The summed E-state index contributed by atoms with van der Waals surface area (Å²) in [5.74, 6) is 0. The summed E-state index contributed by atoms with van der Waals surface area (Å²) in [4.78, 5) is 10.5. The van der Waals surface area contributed by atoms with E-state index in [2.05, 4.69) is 0 Å². The molecule has 0 aromatic heterocycles. The summed E-state index contributed by atoms with van der Waals surface area (Å²) in [6.07, 6.45) is 0.469. The predicted octanol–water partition coefficient (Wildman–Crippen LogP) is 3.16. The van der Waals surface area contributed by atoms with E-state index >= 15 is 0 Å². The lowest BCUT2D eigenvalue weighted by atomic mass is 9.83. The van der Waals surface area contributed by atoms with Gasteiger partial charge in [0.2, 0.25) is 0 Å². The predicted molar refractivity (Wildman–Crippen MR) is 69.2 cm³/mol. The number of halogens is 1. The molecule has 5 heteroatoms. The summed E-state index contributed by atoms with van der Waals surface area (Å²) in [5.41, 5.74) is 6.61. The molecule has 17 heavy (non-hydrogen) atoms. The average Bonchev–Trinajstić information content (AvgIpc) is 2.18. The Kier molecular flexibility index (Phi) is 4.11. The van der Waals surface area contributed by atoms with Gasteiger partial charge < -0.3 is 5.73 Å². The second-order valence-electron chi connectivity index (χ2n) is 5.21. The number of nitro groups is 1. The van der Waals surface area contributed by atoms with Crippen molar-refractivity contribution in [3.8, 4) is 0 Å². The van der Waals surface area contributed by atoms with Gasteiger partial charge in [0.25, 0.3) is 5.69 Å². The van der Waals surface area contributed by atoms with Gasteiger partial charge in [-0.15, -0.1) is 0 Å². The van der Waals surface area contributed by atoms with Crippen molar-refractivity contribution in [3.05, 3.63) is 38.9 Å². The lowest BCUT2D eigenvalue weighted by molar-refractivity contribution is -0.385. The van der Waals surface area contributed by atoms with Crippen LogP contribution in [0.4, 0.5) is 5.69 Å². The molecule has 1 rings (SSSR count). The van der Waals surface area contributed by atoms with E-state index in [4.69, 9.17) is 17.3 Å². The van der Waals surface area contributed by atoms with E-state index in [1.807, 2.05) is 20.8 Å². The summed E-state index contributed by atoms with van der Waals surface area (Å²) in [7, 11) is 0. The van der Waals surface area contributed by atoms with E-state index in [1.165, 1.54) is 6.07 Å². The van der Waals surface area contributed by atoms with Gasteiger partial charge in [0, 0.05) is 22.7 Å². The van der Waals surface area contributed by atoms with Crippen LogP contribution in [-0.4, -0.2) is 11.0 Å². The van der Waals surface area contributed by atoms with Crippen LogP contribution in [0.5, 0.6) is 0 Å². The molecular formula is C12H17ClN2O2. The molecule has 1 unspecified atom stereocenters. The minimum atomic E-state index is -0.420. The van der Waals surface area contributed by atoms with Crippen LogP contribution in [0.15, 0.2) is 18.2 Å². The molecule has 0 aliphatic carbocycles. The maximum absolute atomic E-state index is 10.9. The van der Waals surface area contributed by atoms with E-state index in [1.54, 1.807) is 12.1 Å². The molecule has 4 nitrogen and oxygen atoms in total. The molecule has 1 aromatic rings. The van der Waals surface area contributed by atoms with Crippen molar-refractivity contribution in [2.24, 2.45) is 11.1 Å². The number of benzene rings is 1. The van der Waals surface area contributed by atoms with Crippen molar-refractivity contribution in [1.29, 1.82) is 0 Å². The first-order chi connectivity index (χ1) is 7.71. The fraction of sp³-hybridized carbons (Fsp3) is 0.500. The maximum atomic E-state index is 10.9.